The fourth-order valence-electron chi connectivity index (χ4n) is 4.52. The van der Waals surface area contributed by atoms with Crippen LogP contribution in [0.25, 0.3) is 10.8 Å². The van der Waals surface area contributed by atoms with E-state index < -0.39 is 11.0 Å². The molecule has 0 saturated carbocycles. The summed E-state index contributed by atoms with van der Waals surface area (Å²) in [5.41, 5.74) is 0.720. The average Bonchev–Trinajstić information content (AvgIpc) is 2.99. The second-order valence-corrected chi connectivity index (χ2v) is 9.94. The van der Waals surface area contributed by atoms with Crippen molar-refractivity contribution in [3.05, 3.63) is 48.0 Å². The number of nitrogens with zero attached hydrogens (tertiary/aromatic N) is 2. The van der Waals surface area contributed by atoms with Crippen molar-refractivity contribution in [1.82, 2.24) is 14.5 Å². The van der Waals surface area contributed by atoms with Gasteiger partial charge < -0.3 is 10.0 Å². The molecule has 2 fully saturated rings. The van der Waals surface area contributed by atoms with Crippen LogP contribution in [0.2, 0.25) is 0 Å². The highest BCUT2D eigenvalue weighted by Crippen LogP contribution is 2.36. The lowest BCUT2D eigenvalue weighted by molar-refractivity contribution is -0.134. The molecule has 2 heterocycles. The van der Waals surface area contributed by atoms with Gasteiger partial charge in [-0.1, -0.05) is 36.4 Å². The molecule has 160 valence electrons. The van der Waals surface area contributed by atoms with Crippen molar-refractivity contribution < 1.29 is 14.7 Å². The van der Waals surface area contributed by atoms with Gasteiger partial charge in [-0.05, 0) is 53.7 Å². The quantitative estimate of drug-likeness (QED) is 0.651. The van der Waals surface area contributed by atoms with Crippen LogP contribution in [0, 0.1) is 0 Å². The number of fused-ring (bicyclic) bond motifs is 1. The largest absolute Gasteiger partial charge is 0.472 e. The number of carboxylic acid groups (broad SMARTS) is 1. The van der Waals surface area contributed by atoms with E-state index in [0.29, 0.717) is 19.6 Å². The number of amides is 1. The highest BCUT2D eigenvalue weighted by Gasteiger charge is 2.51. The lowest BCUT2D eigenvalue weighted by Crippen LogP contribution is -2.57. The Balaban J connectivity index is 1.56. The first-order chi connectivity index (χ1) is 14.5. The molecule has 0 aliphatic carbocycles. The molecule has 1 unspecified atom stereocenters. The van der Waals surface area contributed by atoms with Gasteiger partial charge in [0.05, 0.1) is 11.7 Å². The van der Waals surface area contributed by atoms with Crippen LogP contribution >= 0.6 is 23.7 Å². The van der Waals surface area contributed by atoms with Crippen LogP contribution in [0.3, 0.4) is 0 Å². The van der Waals surface area contributed by atoms with E-state index in [4.69, 9.17) is 5.11 Å². The van der Waals surface area contributed by atoms with Crippen LogP contribution in [0.1, 0.15) is 24.8 Å². The molecule has 2 N–H and O–H groups in total. The van der Waals surface area contributed by atoms with E-state index in [-0.39, 0.29) is 11.9 Å². The topological polar surface area (TPSA) is 72.9 Å². The Morgan fingerprint density at radius 1 is 1.20 bits per heavy atom. The highest BCUT2D eigenvalue weighted by atomic mass is 32.2. The van der Waals surface area contributed by atoms with E-state index in [9.17, 15) is 9.59 Å². The number of thioether (sulfide) groups is 1. The van der Waals surface area contributed by atoms with Gasteiger partial charge in [0.25, 0.3) is 0 Å². The zero-order valence-corrected chi connectivity index (χ0v) is 18.7. The molecule has 4 rings (SSSR count). The molecular weight excluding hydrogens is 418 g/mol. The van der Waals surface area contributed by atoms with Crippen molar-refractivity contribution in [1.29, 1.82) is 0 Å². The summed E-state index contributed by atoms with van der Waals surface area (Å²) in [5, 5.41) is 14.2. The zero-order valence-electron chi connectivity index (χ0n) is 17.0. The summed E-state index contributed by atoms with van der Waals surface area (Å²) in [4.78, 5) is 26.4. The maximum Gasteiger partial charge on any atom is 0.380 e. The minimum absolute atomic E-state index is 0.163. The molecule has 6 nitrogen and oxygen atoms in total. The van der Waals surface area contributed by atoms with Crippen LogP contribution in [-0.2, 0) is 11.3 Å². The van der Waals surface area contributed by atoms with E-state index in [2.05, 4.69) is 41.9 Å². The molecule has 8 heteroatoms. The molecule has 1 atom stereocenters. The lowest BCUT2D eigenvalue weighted by Gasteiger charge is -2.44. The second-order valence-electron chi connectivity index (χ2n) is 7.90. The monoisotopic (exact) mass is 445 g/mol. The summed E-state index contributed by atoms with van der Waals surface area (Å²) in [6, 6.07) is 14.5. The number of carbonyl (C=O) groups excluding carboxylic acids is 1. The average molecular weight is 446 g/mol. The molecule has 0 radical (unpaired) electrons. The van der Waals surface area contributed by atoms with Gasteiger partial charge in [-0.15, -0.1) is 0 Å². The molecule has 2 saturated heterocycles. The number of piperidine rings is 1. The number of carbonyl (C=O) groups is 2. The molecule has 2 aliphatic rings. The van der Waals surface area contributed by atoms with Gasteiger partial charge in [-0.25, -0.2) is 9.10 Å². The highest BCUT2D eigenvalue weighted by molar-refractivity contribution is 8.11. The molecule has 0 bridgehead atoms. The van der Waals surface area contributed by atoms with E-state index in [1.54, 1.807) is 11.8 Å². The molecule has 2 aromatic rings. The van der Waals surface area contributed by atoms with Crippen molar-refractivity contribution in [2.75, 3.05) is 25.1 Å². The zero-order chi connectivity index (χ0) is 21.1. The standard InChI is InChI=1S/C22H27N3O3S2/c1-29-13-8-19-20(26)25(15-16-6-7-17-4-2-3-5-18(17)14-16)22(23-19)9-11-24(12-10-22)30-21(27)28/h2-7,14,19,23H,8-13,15H2,1H3,(H,27,28). The van der Waals surface area contributed by atoms with E-state index >= 15 is 0 Å². The summed E-state index contributed by atoms with van der Waals surface area (Å²) in [5.74, 6) is 1.10. The fourth-order valence-corrected chi connectivity index (χ4v) is 5.57. The van der Waals surface area contributed by atoms with Crippen molar-refractivity contribution in [2.24, 2.45) is 0 Å². The van der Waals surface area contributed by atoms with Crippen molar-refractivity contribution >= 4 is 45.7 Å². The number of rotatable bonds is 6. The molecule has 2 aromatic carbocycles. The summed E-state index contributed by atoms with van der Waals surface area (Å²) >= 11 is 2.61. The maximum atomic E-state index is 13.4. The Kier molecular flexibility index (Phi) is 6.57. The van der Waals surface area contributed by atoms with Gasteiger partial charge in [0, 0.05) is 31.6 Å². The summed E-state index contributed by atoms with van der Waals surface area (Å²) in [7, 11) is 0. The van der Waals surface area contributed by atoms with E-state index in [1.165, 1.54) is 10.8 Å². The summed E-state index contributed by atoms with van der Waals surface area (Å²) in [6.07, 6.45) is 4.32. The Morgan fingerprint density at radius 2 is 1.93 bits per heavy atom. The normalized spacial score (nSPS) is 21.6. The van der Waals surface area contributed by atoms with Gasteiger partial charge in [0.1, 0.15) is 0 Å². The summed E-state index contributed by atoms with van der Waals surface area (Å²) < 4.78 is 1.88. The Labute approximate surface area is 185 Å². The third-order valence-corrected chi connectivity index (χ3v) is 7.47. The fraction of sp³-hybridized carbons (Fsp3) is 0.455. The maximum absolute atomic E-state index is 13.4. The van der Waals surface area contributed by atoms with Crippen LogP contribution < -0.4 is 5.32 Å². The molecular formula is C22H27N3O3S2. The number of nitrogens with one attached hydrogen (secondary N) is 1. The van der Waals surface area contributed by atoms with Gasteiger partial charge >= 0.3 is 5.30 Å². The first kappa shape index (κ1) is 21.5. The van der Waals surface area contributed by atoms with Gasteiger partial charge in [-0.3, -0.25) is 10.1 Å². The molecule has 0 aromatic heterocycles. The van der Waals surface area contributed by atoms with Gasteiger partial charge in [0.2, 0.25) is 5.91 Å². The second kappa shape index (κ2) is 9.18. The third-order valence-electron chi connectivity index (χ3n) is 6.05. The minimum Gasteiger partial charge on any atom is -0.472 e. The number of hydrogen-bond acceptors (Lipinski definition) is 6. The van der Waals surface area contributed by atoms with E-state index in [1.807, 2.05) is 21.3 Å². The predicted molar refractivity (Wildman–Crippen MR) is 124 cm³/mol. The first-order valence-corrected chi connectivity index (χ1v) is 12.4. The number of benzene rings is 2. The molecule has 1 spiro atoms. The molecule has 30 heavy (non-hydrogen) atoms. The van der Waals surface area contributed by atoms with Crippen LogP contribution in [-0.4, -0.2) is 62.3 Å². The molecule has 1 amide bonds. The summed E-state index contributed by atoms with van der Waals surface area (Å²) in [6.45, 7) is 1.85. The van der Waals surface area contributed by atoms with Crippen LogP contribution in [0.5, 0.6) is 0 Å². The van der Waals surface area contributed by atoms with Crippen molar-refractivity contribution in [2.45, 2.75) is 37.5 Å². The van der Waals surface area contributed by atoms with Gasteiger partial charge in [0.15, 0.2) is 0 Å². The van der Waals surface area contributed by atoms with Gasteiger partial charge in [-0.2, -0.15) is 11.8 Å². The Morgan fingerprint density at radius 3 is 2.63 bits per heavy atom. The lowest BCUT2D eigenvalue weighted by atomic mass is 9.96. The van der Waals surface area contributed by atoms with Crippen molar-refractivity contribution in [3.63, 3.8) is 0 Å². The third kappa shape index (κ3) is 4.46. The van der Waals surface area contributed by atoms with E-state index in [0.717, 1.165) is 42.5 Å². The predicted octanol–water partition coefficient (Wildman–Crippen LogP) is 4.01. The van der Waals surface area contributed by atoms with Crippen molar-refractivity contribution in [3.8, 4) is 0 Å². The number of hydrogen-bond donors (Lipinski definition) is 2. The molecule has 2 aliphatic heterocycles. The Hall–Kier alpha value is -1.74. The van der Waals surface area contributed by atoms with Crippen LogP contribution in [0.15, 0.2) is 42.5 Å². The Bertz CT molecular complexity index is 931. The SMILES string of the molecule is CSCCC1NC2(CCN(SC(=O)O)CC2)N(Cc2ccc3ccccc3c2)C1=O. The first-order valence-electron chi connectivity index (χ1n) is 10.2. The smallest absolute Gasteiger partial charge is 0.380 e. The van der Waals surface area contributed by atoms with Crippen LogP contribution in [0.4, 0.5) is 4.79 Å². The minimum atomic E-state index is -0.882.